The van der Waals surface area contributed by atoms with Crippen LogP contribution in [0.5, 0.6) is 6.01 Å². The maximum absolute atomic E-state index is 16.6. The van der Waals surface area contributed by atoms with Crippen molar-refractivity contribution in [3.8, 4) is 17.3 Å². The Balaban J connectivity index is 1.27. The van der Waals surface area contributed by atoms with Crippen LogP contribution in [0, 0.1) is 18.6 Å². The fourth-order valence-electron chi connectivity index (χ4n) is 7.58. The topological polar surface area (TPSA) is 105 Å². The molecule has 3 N–H and O–H groups in total. The van der Waals surface area contributed by atoms with Crippen molar-refractivity contribution in [2.45, 2.75) is 62.8 Å². The van der Waals surface area contributed by atoms with Crippen molar-refractivity contribution < 1.29 is 17.9 Å². The van der Waals surface area contributed by atoms with Crippen LogP contribution in [0.2, 0.25) is 0 Å². The van der Waals surface area contributed by atoms with Gasteiger partial charge in [0, 0.05) is 43.7 Å². The van der Waals surface area contributed by atoms with Gasteiger partial charge in [-0.15, -0.1) is 0 Å². The summed E-state index contributed by atoms with van der Waals surface area (Å²) in [6.45, 7) is 4.74. The van der Waals surface area contributed by atoms with Crippen LogP contribution in [0.15, 0.2) is 12.1 Å². The van der Waals surface area contributed by atoms with Crippen LogP contribution in [0.3, 0.4) is 0 Å². The zero-order valence-electron chi connectivity index (χ0n) is 23.2. The fraction of sp³-hybridized carbons (Fsp3) is 0.517. The summed E-state index contributed by atoms with van der Waals surface area (Å²) in [6, 6.07) is 3.46. The molecule has 1 aromatic carbocycles. The molecule has 0 amide bonds. The van der Waals surface area contributed by atoms with Crippen LogP contribution in [0.1, 0.15) is 37.8 Å². The number of hydrogen-bond acceptors (Lipinski definition) is 10. The molecule has 0 unspecified atom stereocenters. The summed E-state index contributed by atoms with van der Waals surface area (Å²) in [6.07, 6.45) is 3.49. The van der Waals surface area contributed by atoms with Crippen LogP contribution in [-0.4, -0.2) is 81.4 Å². The molecule has 4 saturated heterocycles. The molecule has 4 fully saturated rings. The van der Waals surface area contributed by atoms with E-state index in [1.807, 2.05) is 0 Å². The third kappa shape index (κ3) is 4.11. The smallest absolute Gasteiger partial charge is 0.319 e. The van der Waals surface area contributed by atoms with E-state index in [4.69, 9.17) is 15.5 Å². The number of benzene rings is 1. The molecular weight excluding hydrogens is 565 g/mol. The monoisotopic (exact) mass is 596 g/mol. The molecule has 4 aliphatic rings. The van der Waals surface area contributed by atoms with Gasteiger partial charge in [0.25, 0.3) is 0 Å². The number of alkyl halides is 1. The van der Waals surface area contributed by atoms with Crippen molar-refractivity contribution in [3.05, 3.63) is 29.5 Å². The molecule has 4 aromatic rings. The third-order valence-corrected chi connectivity index (χ3v) is 10.3. The van der Waals surface area contributed by atoms with Crippen LogP contribution >= 0.6 is 11.3 Å². The highest BCUT2D eigenvalue weighted by molar-refractivity contribution is 7.22. The standard InChI is InChI=1S/C29H31F3N8OS/c1-14-20-24(21(32)22(34-14)18-5-6-19(31)25-23(18)36-27(33)42-25)37-28(38-26(20)39-11-16-3-4-17(12-39)35-16)41-13-29-7-2-8-40(29)10-15(30)9-29/h5-6,15-17,35H,2-4,7-13H2,1H3,(H2,33,36)/t15-,16-,17+,29+/m1/s1. The Bertz CT molecular complexity index is 1720. The Kier molecular flexibility index (Phi) is 6.03. The van der Waals surface area contributed by atoms with Crippen molar-refractivity contribution in [1.82, 2.24) is 30.2 Å². The minimum absolute atomic E-state index is 0.0166. The van der Waals surface area contributed by atoms with E-state index in [1.165, 1.54) is 12.1 Å². The lowest BCUT2D eigenvalue weighted by molar-refractivity contribution is 0.107. The number of ether oxygens (including phenoxy) is 1. The average molecular weight is 597 g/mol. The lowest BCUT2D eigenvalue weighted by Gasteiger charge is -2.35. The molecular formula is C29H31F3N8OS. The number of piperazine rings is 1. The quantitative estimate of drug-likeness (QED) is 0.348. The van der Waals surface area contributed by atoms with Gasteiger partial charge in [-0.2, -0.15) is 9.97 Å². The third-order valence-electron chi connectivity index (χ3n) is 9.44. The molecule has 9 nitrogen and oxygen atoms in total. The molecule has 13 heteroatoms. The summed E-state index contributed by atoms with van der Waals surface area (Å²) in [4.78, 5) is 22.8. The predicted octanol–water partition coefficient (Wildman–Crippen LogP) is 4.37. The van der Waals surface area contributed by atoms with Crippen molar-refractivity contribution in [1.29, 1.82) is 0 Å². The lowest BCUT2D eigenvalue weighted by Crippen LogP contribution is -2.51. The van der Waals surface area contributed by atoms with E-state index in [1.54, 1.807) is 6.92 Å². The SMILES string of the molecule is Cc1nc(-c2ccc(F)c3sc(N)nc23)c(F)c2nc(OC[C@@]34CCCN3C[C@H](F)C4)nc(N3C[C@H]4CC[C@@H](C3)N4)c12. The van der Waals surface area contributed by atoms with E-state index in [0.717, 1.165) is 56.7 Å². The van der Waals surface area contributed by atoms with Crippen molar-refractivity contribution in [2.75, 3.05) is 43.4 Å². The number of pyridine rings is 1. The van der Waals surface area contributed by atoms with Gasteiger partial charge in [-0.25, -0.2) is 23.1 Å². The first-order chi connectivity index (χ1) is 20.3. The van der Waals surface area contributed by atoms with Crippen molar-refractivity contribution in [2.24, 2.45) is 0 Å². The van der Waals surface area contributed by atoms with E-state index in [0.29, 0.717) is 47.5 Å². The van der Waals surface area contributed by atoms with Gasteiger partial charge in [0.15, 0.2) is 10.9 Å². The first kappa shape index (κ1) is 26.3. The largest absolute Gasteiger partial charge is 0.461 e. The number of hydrogen-bond donors (Lipinski definition) is 2. The zero-order valence-corrected chi connectivity index (χ0v) is 24.0. The van der Waals surface area contributed by atoms with E-state index < -0.39 is 23.3 Å². The van der Waals surface area contributed by atoms with Gasteiger partial charge >= 0.3 is 6.01 Å². The first-order valence-corrected chi connectivity index (χ1v) is 15.4. The van der Waals surface area contributed by atoms with Gasteiger partial charge in [0.1, 0.15) is 35.6 Å². The van der Waals surface area contributed by atoms with E-state index in [-0.39, 0.29) is 39.2 Å². The molecule has 0 spiro atoms. The summed E-state index contributed by atoms with van der Waals surface area (Å²) >= 11 is 1.01. The molecule has 0 aliphatic carbocycles. The molecule has 42 heavy (non-hydrogen) atoms. The summed E-state index contributed by atoms with van der Waals surface area (Å²) in [5.41, 5.74) is 6.75. The van der Waals surface area contributed by atoms with E-state index in [9.17, 15) is 8.78 Å². The second-order valence-electron chi connectivity index (χ2n) is 12.1. The predicted molar refractivity (Wildman–Crippen MR) is 156 cm³/mol. The van der Waals surface area contributed by atoms with Gasteiger partial charge < -0.3 is 20.7 Å². The Labute approximate surface area is 244 Å². The molecule has 8 rings (SSSR count). The highest BCUT2D eigenvalue weighted by Gasteiger charge is 2.49. The number of rotatable bonds is 5. The molecule has 2 bridgehead atoms. The molecule has 4 atom stereocenters. The second kappa shape index (κ2) is 9.61. The number of thiazole rings is 1. The summed E-state index contributed by atoms with van der Waals surface area (Å²) in [5.74, 6) is -0.550. The lowest BCUT2D eigenvalue weighted by atomic mass is 9.95. The normalized spacial score (nSPS) is 27.4. The maximum atomic E-state index is 16.6. The van der Waals surface area contributed by atoms with Crippen LogP contribution in [0.25, 0.3) is 32.4 Å². The fourth-order valence-corrected chi connectivity index (χ4v) is 8.34. The number of nitrogens with zero attached hydrogens (tertiary/aromatic N) is 6. The summed E-state index contributed by atoms with van der Waals surface area (Å²) < 4.78 is 52.1. The Morgan fingerprint density at radius 2 is 1.90 bits per heavy atom. The highest BCUT2D eigenvalue weighted by atomic mass is 32.1. The summed E-state index contributed by atoms with van der Waals surface area (Å²) in [7, 11) is 0. The number of halogens is 3. The number of nitrogen functional groups attached to an aromatic ring is 1. The molecule has 7 heterocycles. The molecule has 4 aliphatic heterocycles. The minimum atomic E-state index is -0.890. The number of nitrogens with two attached hydrogens (primary N) is 1. The molecule has 0 saturated carbocycles. The Morgan fingerprint density at radius 1 is 1.10 bits per heavy atom. The van der Waals surface area contributed by atoms with Gasteiger partial charge in [-0.3, -0.25) is 4.90 Å². The molecule has 220 valence electrons. The second-order valence-corrected chi connectivity index (χ2v) is 13.2. The van der Waals surface area contributed by atoms with Gasteiger partial charge in [0.05, 0.1) is 26.8 Å². The Morgan fingerprint density at radius 3 is 2.71 bits per heavy atom. The van der Waals surface area contributed by atoms with Crippen LogP contribution in [-0.2, 0) is 0 Å². The van der Waals surface area contributed by atoms with E-state index in [2.05, 4.69) is 30.1 Å². The number of nitrogens with one attached hydrogen (secondary N) is 1. The molecule has 0 radical (unpaired) electrons. The number of fused-ring (bicyclic) bond motifs is 5. The number of anilines is 2. The van der Waals surface area contributed by atoms with Crippen LogP contribution in [0.4, 0.5) is 24.1 Å². The van der Waals surface area contributed by atoms with Gasteiger partial charge in [-0.1, -0.05) is 11.3 Å². The summed E-state index contributed by atoms with van der Waals surface area (Å²) in [5, 5.41) is 4.34. The van der Waals surface area contributed by atoms with Crippen molar-refractivity contribution in [3.63, 3.8) is 0 Å². The van der Waals surface area contributed by atoms with Crippen molar-refractivity contribution >= 4 is 43.4 Å². The highest BCUT2D eigenvalue weighted by Crippen LogP contribution is 2.42. The maximum Gasteiger partial charge on any atom is 0.319 e. The Hall–Kier alpha value is -3.29. The van der Waals surface area contributed by atoms with Gasteiger partial charge in [-0.05, 0) is 51.3 Å². The van der Waals surface area contributed by atoms with E-state index >= 15 is 4.39 Å². The van der Waals surface area contributed by atoms with Gasteiger partial charge in [0.2, 0.25) is 0 Å². The van der Waals surface area contributed by atoms with Crippen LogP contribution < -0.4 is 20.7 Å². The zero-order chi connectivity index (χ0) is 28.7. The number of aryl methyl sites for hydroxylation is 1. The first-order valence-electron chi connectivity index (χ1n) is 14.5. The number of aromatic nitrogens is 4. The molecule has 3 aromatic heterocycles. The average Bonchev–Trinajstić information content (AvgIpc) is 3.71. The minimum Gasteiger partial charge on any atom is -0.461 e.